The van der Waals surface area contributed by atoms with E-state index < -0.39 is 11.5 Å². The molecule has 0 spiro atoms. The highest BCUT2D eigenvalue weighted by Crippen LogP contribution is 2.38. The number of benzene rings is 4. The van der Waals surface area contributed by atoms with Gasteiger partial charge in [-0.3, -0.25) is 14.4 Å². The maximum absolute atomic E-state index is 14.3. The van der Waals surface area contributed by atoms with E-state index in [0.717, 1.165) is 56.8 Å². The number of aromatic nitrogens is 2. The fourth-order valence-electron chi connectivity index (χ4n) is 9.43. The quantitative estimate of drug-likeness (QED) is 0.0493. The normalized spacial score (nSPS) is 17.4. The Morgan fingerprint density at radius 3 is 2.33 bits per heavy atom. The molecule has 3 amide bonds. The van der Waals surface area contributed by atoms with Gasteiger partial charge in [-0.1, -0.05) is 99.6 Å². The lowest BCUT2D eigenvalue weighted by Crippen LogP contribution is -2.48. The number of thiazole rings is 1. The molecule has 2 aliphatic heterocycles. The van der Waals surface area contributed by atoms with Gasteiger partial charge in [0.05, 0.1) is 35.3 Å². The number of likely N-dealkylation sites (tertiary alicyclic amines) is 1. The molecular weight excluding hydrogens is 929 g/mol. The summed E-state index contributed by atoms with van der Waals surface area (Å²) in [6.45, 7) is 12.0. The van der Waals surface area contributed by atoms with Gasteiger partial charge in [0.1, 0.15) is 36.5 Å². The van der Waals surface area contributed by atoms with E-state index in [2.05, 4.69) is 34.5 Å². The number of carbonyl (C=O) groups is 3. The molecule has 2 aromatic heterocycles. The number of nitrogens with one attached hydrogen (secondary N) is 1. The van der Waals surface area contributed by atoms with Gasteiger partial charge in [0.2, 0.25) is 11.8 Å². The van der Waals surface area contributed by atoms with Crippen LogP contribution >= 0.6 is 11.3 Å². The number of hydrogen-bond donors (Lipinski definition) is 2. The Kier molecular flexibility index (Phi) is 16.7. The minimum atomic E-state index is -1.13. The van der Waals surface area contributed by atoms with Gasteiger partial charge in [-0.15, -0.1) is 11.3 Å². The average Bonchev–Trinajstić information content (AvgIpc) is 4.22. The number of aryl methyl sites for hydroxylation is 1. The van der Waals surface area contributed by atoms with Gasteiger partial charge < -0.3 is 39.0 Å². The van der Waals surface area contributed by atoms with Crippen LogP contribution in [0.3, 0.4) is 0 Å². The molecule has 0 radical (unpaired) electrons. The highest BCUT2D eigenvalue weighted by Gasteiger charge is 2.46. The third-order valence-electron chi connectivity index (χ3n) is 13.4. The van der Waals surface area contributed by atoms with Crippen LogP contribution in [0.1, 0.15) is 99.4 Å². The van der Waals surface area contributed by atoms with Crippen LogP contribution < -0.4 is 14.8 Å². The standard InChI is InChI=1S/C57H64N6O8S/c1-7-46(39-13-9-8-10-14-39)52(40-19-25-44(64)26-20-40)41-21-27-45(28-22-41)69-32-30-62(6)50(65)16-12-31-68-33-34-70-49-35-48(71-61-49)51(37(2)3)55(66)63-29-11-15-47(63)54-59-56(67)57(5,60-54)43-23-17-42(18-24-43)53-38(4)58-36-72-53/h8-10,13-14,17-28,35-37,47,51,64H,7,11-12,15-16,29-34H2,1-6H3,(H,59,60,67)/b52-46+/t47-,51?,57+/m1/s1. The van der Waals surface area contributed by atoms with E-state index >= 15 is 0 Å². The summed E-state index contributed by atoms with van der Waals surface area (Å²) < 4.78 is 23.4. The maximum Gasteiger partial charge on any atom is 0.257 e. The monoisotopic (exact) mass is 992 g/mol. The Hall–Kier alpha value is -7.10. The molecule has 0 saturated carbocycles. The van der Waals surface area contributed by atoms with Crippen molar-refractivity contribution in [3.8, 4) is 27.8 Å². The maximum atomic E-state index is 14.3. The van der Waals surface area contributed by atoms with E-state index in [1.165, 1.54) is 5.57 Å². The van der Waals surface area contributed by atoms with Crippen LogP contribution in [0.4, 0.5) is 0 Å². The first kappa shape index (κ1) is 51.3. The second-order valence-corrected chi connectivity index (χ2v) is 19.6. The van der Waals surface area contributed by atoms with Gasteiger partial charge in [-0.25, -0.2) is 9.98 Å². The molecule has 72 heavy (non-hydrogen) atoms. The molecule has 4 aromatic carbocycles. The summed E-state index contributed by atoms with van der Waals surface area (Å²) in [6.07, 6.45) is 3.15. The molecular formula is C57H64N6O8S. The zero-order valence-corrected chi connectivity index (χ0v) is 42.7. The minimum absolute atomic E-state index is 0.00118. The van der Waals surface area contributed by atoms with Crippen LogP contribution in [0.2, 0.25) is 0 Å². The van der Waals surface area contributed by atoms with E-state index in [-0.39, 0.29) is 54.5 Å². The minimum Gasteiger partial charge on any atom is -0.508 e. The summed E-state index contributed by atoms with van der Waals surface area (Å²) in [4.78, 5) is 54.6. The van der Waals surface area contributed by atoms with E-state index in [0.29, 0.717) is 62.9 Å². The molecule has 1 unspecified atom stereocenters. The largest absolute Gasteiger partial charge is 0.508 e. The SMILES string of the molecule is CC/C(=C(/c1ccc(O)cc1)c1ccc(OCCN(C)C(=O)CCCOCCOc2cc(C(C(=O)N3CCC[C@@H]3C3=N[C@@](C)(c4ccc(-c5scnc5C)cc4)C(=O)N3)C(C)C)on2)cc1)c1ccccc1. The molecule has 4 heterocycles. The number of nitrogens with zero attached hydrogens (tertiary/aromatic N) is 5. The fourth-order valence-corrected chi connectivity index (χ4v) is 10.2. The third-order valence-corrected chi connectivity index (χ3v) is 14.4. The van der Waals surface area contributed by atoms with Gasteiger partial charge in [0, 0.05) is 32.7 Å². The summed E-state index contributed by atoms with van der Waals surface area (Å²) >= 11 is 1.58. The number of amidine groups is 1. The van der Waals surface area contributed by atoms with Gasteiger partial charge in [-0.2, -0.15) is 0 Å². The lowest BCUT2D eigenvalue weighted by Gasteiger charge is -2.29. The number of phenols is 1. The van der Waals surface area contributed by atoms with Crippen molar-refractivity contribution in [2.75, 3.05) is 46.6 Å². The summed E-state index contributed by atoms with van der Waals surface area (Å²) in [5.41, 5.74) is 8.97. The van der Waals surface area contributed by atoms with Crippen LogP contribution in [0.15, 0.2) is 124 Å². The number of allylic oxidation sites excluding steroid dienone is 1. The first-order valence-electron chi connectivity index (χ1n) is 24.8. The number of rotatable bonds is 22. The first-order valence-corrected chi connectivity index (χ1v) is 25.7. The predicted molar refractivity (Wildman–Crippen MR) is 280 cm³/mol. The lowest BCUT2D eigenvalue weighted by atomic mass is 9.88. The van der Waals surface area contributed by atoms with E-state index in [9.17, 15) is 19.5 Å². The van der Waals surface area contributed by atoms with Crippen molar-refractivity contribution in [1.29, 1.82) is 0 Å². The second-order valence-electron chi connectivity index (χ2n) is 18.7. The van der Waals surface area contributed by atoms with Crippen LogP contribution in [0.5, 0.6) is 17.4 Å². The van der Waals surface area contributed by atoms with Crippen molar-refractivity contribution in [2.24, 2.45) is 10.9 Å². The van der Waals surface area contributed by atoms with Gasteiger partial charge in [0.15, 0.2) is 11.3 Å². The Morgan fingerprint density at radius 2 is 1.65 bits per heavy atom. The molecule has 14 nitrogen and oxygen atoms in total. The molecule has 3 atom stereocenters. The van der Waals surface area contributed by atoms with Crippen molar-refractivity contribution >= 4 is 46.0 Å². The van der Waals surface area contributed by atoms with Crippen LogP contribution in [-0.2, 0) is 24.7 Å². The van der Waals surface area contributed by atoms with Crippen molar-refractivity contribution in [1.82, 2.24) is 25.3 Å². The van der Waals surface area contributed by atoms with Crippen molar-refractivity contribution in [3.05, 3.63) is 148 Å². The summed E-state index contributed by atoms with van der Waals surface area (Å²) in [5, 5.41) is 17.1. The van der Waals surface area contributed by atoms with E-state index in [1.807, 2.05) is 117 Å². The molecule has 2 aliphatic rings. The van der Waals surface area contributed by atoms with Crippen molar-refractivity contribution in [3.63, 3.8) is 0 Å². The summed E-state index contributed by atoms with van der Waals surface area (Å²) in [6, 6.07) is 34.8. The fraction of sp³-hybridized carbons (Fsp3) is 0.368. The summed E-state index contributed by atoms with van der Waals surface area (Å²) in [5.74, 6) is 1.01. The molecule has 2 N–H and O–H groups in total. The molecule has 1 saturated heterocycles. The number of carbonyl (C=O) groups excluding carboxylic acids is 3. The highest BCUT2D eigenvalue weighted by molar-refractivity contribution is 7.13. The zero-order chi connectivity index (χ0) is 50.8. The predicted octanol–water partition coefficient (Wildman–Crippen LogP) is 10.1. The molecule has 15 heteroatoms. The molecule has 8 rings (SSSR count). The summed E-state index contributed by atoms with van der Waals surface area (Å²) in [7, 11) is 1.77. The molecule has 6 aromatic rings. The highest BCUT2D eigenvalue weighted by atomic mass is 32.1. The first-order chi connectivity index (χ1) is 34.8. The van der Waals surface area contributed by atoms with E-state index in [4.69, 9.17) is 23.7 Å². The van der Waals surface area contributed by atoms with Gasteiger partial charge in [0.25, 0.3) is 11.8 Å². The molecule has 0 bridgehead atoms. The topological polar surface area (TPSA) is 169 Å². The van der Waals surface area contributed by atoms with Crippen LogP contribution in [0, 0.1) is 12.8 Å². The Bertz CT molecular complexity index is 2860. The van der Waals surface area contributed by atoms with Crippen molar-refractivity contribution in [2.45, 2.75) is 84.2 Å². The van der Waals surface area contributed by atoms with Crippen LogP contribution in [0.25, 0.3) is 21.6 Å². The number of likely N-dealkylation sites (N-methyl/N-ethyl adjacent to an activating group) is 1. The van der Waals surface area contributed by atoms with Crippen molar-refractivity contribution < 1.29 is 38.2 Å². The molecule has 1 fully saturated rings. The molecule has 0 aliphatic carbocycles. The number of hydrogen-bond acceptors (Lipinski definition) is 12. The number of ether oxygens (including phenoxy) is 3. The molecule has 376 valence electrons. The Balaban J connectivity index is 0.759. The van der Waals surface area contributed by atoms with Crippen LogP contribution in [-0.4, -0.2) is 101 Å². The Labute approximate surface area is 425 Å². The smallest absolute Gasteiger partial charge is 0.257 e. The van der Waals surface area contributed by atoms with Gasteiger partial charge in [-0.05, 0) is 114 Å². The second kappa shape index (κ2) is 23.4. The average molecular weight is 993 g/mol. The number of phenolic OH excluding ortho intramolecular Hbond substituents is 1. The van der Waals surface area contributed by atoms with E-state index in [1.54, 1.807) is 41.5 Å². The number of amides is 3. The number of aromatic hydroxyl groups is 1. The zero-order valence-electron chi connectivity index (χ0n) is 41.9. The number of aliphatic imine (C=N–C) groups is 1. The van der Waals surface area contributed by atoms with Gasteiger partial charge >= 0.3 is 0 Å². The Morgan fingerprint density at radius 1 is 0.931 bits per heavy atom. The third kappa shape index (κ3) is 11.8. The lowest BCUT2D eigenvalue weighted by molar-refractivity contribution is -0.134.